The average molecular weight is 507 g/mol. The van der Waals surface area contributed by atoms with Crippen LogP contribution < -0.4 is 14.8 Å². The van der Waals surface area contributed by atoms with E-state index in [-0.39, 0.29) is 5.56 Å². The molecule has 0 saturated carbocycles. The number of anilines is 1. The Balaban J connectivity index is 1.67. The van der Waals surface area contributed by atoms with Crippen molar-refractivity contribution in [1.29, 1.82) is 0 Å². The van der Waals surface area contributed by atoms with Gasteiger partial charge in [0.25, 0.3) is 0 Å². The Morgan fingerprint density at radius 3 is 2.67 bits per heavy atom. The fourth-order valence-corrected chi connectivity index (χ4v) is 4.71. The number of benzene rings is 2. The lowest BCUT2D eigenvalue weighted by Gasteiger charge is -2.23. The van der Waals surface area contributed by atoms with Crippen molar-refractivity contribution in [3.05, 3.63) is 53.1 Å². The number of likely N-dealkylation sites (tertiary alicyclic amines) is 1. The number of nitrogens with zero attached hydrogens (tertiary/aromatic N) is 3. The number of hydrogen-bond donors (Lipinski definition) is 1. The van der Waals surface area contributed by atoms with Crippen LogP contribution in [0.2, 0.25) is 0 Å². The van der Waals surface area contributed by atoms with Gasteiger partial charge in [-0.2, -0.15) is 13.2 Å². The fourth-order valence-electron chi connectivity index (χ4n) is 4.71. The van der Waals surface area contributed by atoms with Crippen LogP contribution >= 0.6 is 0 Å². The fraction of sp³-hybridized carbons (Fsp3) is 0.462. The zero-order chi connectivity index (χ0) is 26.0. The van der Waals surface area contributed by atoms with Gasteiger partial charge in [0.05, 0.1) is 24.2 Å². The number of nitrogens with one attached hydrogen (secondary N) is 1. The third-order valence-electron chi connectivity index (χ3n) is 6.58. The van der Waals surface area contributed by atoms with E-state index in [1.807, 2.05) is 0 Å². The van der Waals surface area contributed by atoms with E-state index >= 15 is 0 Å². The van der Waals surface area contributed by atoms with Gasteiger partial charge in [-0.05, 0) is 51.9 Å². The zero-order valence-electron chi connectivity index (χ0n) is 20.7. The van der Waals surface area contributed by atoms with Gasteiger partial charge in [0.2, 0.25) is 0 Å². The highest BCUT2D eigenvalue weighted by molar-refractivity contribution is 5.92. The SMILES string of the molecule is CCN1CCC[C@H]1COc1cc2c(N[C@H](C)c3cccc(C(F)(F)F)c3F)nc(C)nc2cc1OC. The molecule has 10 heteroatoms. The quantitative estimate of drug-likeness (QED) is 0.371. The van der Waals surface area contributed by atoms with Crippen molar-refractivity contribution >= 4 is 16.7 Å². The molecule has 36 heavy (non-hydrogen) atoms. The minimum Gasteiger partial charge on any atom is -0.493 e. The van der Waals surface area contributed by atoms with Gasteiger partial charge in [0.1, 0.15) is 24.1 Å². The second-order valence-electron chi connectivity index (χ2n) is 8.95. The molecule has 0 radical (unpaired) electrons. The van der Waals surface area contributed by atoms with Crippen LogP contribution in [0.4, 0.5) is 23.4 Å². The highest BCUT2D eigenvalue weighted by Crippen LogP contribution is 2.37. The summed E-state index contributed by atoms with van der Waals surface area (Å²) in [5.41, 5.74) is -0.840. The van der Waals surface area contributed by atoms with Gasteiger partial charge in [-0.15, -0.1) is 0 Å². The Kier molecular flexibility index (Phi) is 7.54. The standard InChI is InChI=1S/C26H30F4N4O2/c1-5-34-11-7-8-17(34)14-36-23-12-19-21(13-22(23)35-4)32-16(3)33-25(19)31-15(2)18-9-6-10-20(24(18)27)26(28,29)30/h6,9-10,12-13,15,17H,5,7-8,11,14H2,1-4H3,(H,31,32,33)/t15-,17+/m1/s1. The van der Waals surface area contributed by atoms with Crippen molar-refractivity contribution in [2.75, 3.05) is 32.1 Å². The van der Waals surface area contributed by atoms with Gasteiger partial charge in [-0.25, -0.2) is 14.4 Å². The Labute approximate surface area is 207 Å². The predicted octanol–water partition coefficient (Wildman–Crippen LogP) is 6.14. The molecule has 1 fully saturated rings. The summed E-state index contributed by atoms with van der Waals surface area (Å²) in [5.74, 6) is 0.543. The van der Waals surface area contributed by atoms with Crippen molar-refractivity contribution in [3.8, 4) is 11.5 Å². The molecule has 1 aliphatic heterocycles. The molecule has 6 nitrogen and oxygen atoms in total. The first kappa shape index (κ1) is 25.9. The molecular formula is C26H30F4N4O2. The van der Waals surface area contributed by atoms with Crippen molar-refractivity contribution in [2.24, 2.45) is 0 Å². The maximum absolute atomic E-state index is 14.8. The van der Waals surface area contributed by atoms with Gasteiger partial charge in [-0.3, -0.25) is 4.90 Å². The number of likely N-dealkylation sites (N-methyl/N-ethyl adjacent to an activating group) is 1. The number of methoxy groups -OCH3 is 1. The minimum absolute atomic E-state index is 0.111. The second-order valence-corrected chi connectivity index (χ2v) is 8.95. The van der Waals surface area contributed by atoms with Crippen LogP contribution in [0.5, 0.6) is 11.5 Å². The summed E-state index contributed by atoms with van der Waals surface area (Å²) in [4.78, 5) is 11.3. The van der Waals surface area contributed by atoms with E-state index in [9.17, 15) is 17.6 Å². The van der Waals surface area contributed by atoms with Crippen LogP contribution in [0.3, 0.4) is 0 Å². The molecule has 1 aromatic heterocycles. The normalized spacial score (nSPS) is 17.4. The molecule has 0 aliphatic carbocycles. The Bertz CT molecular complexity index is 1230. The summed E-state index contributed by atoms with van der Waals surface area (Å²) >= 11 is 0. The molecule has 0 unspecified atom stereocenters. The Morgan fingerprint density at radius 2 is 1.97 bits per heavy atom. The molecular weight excluding hydrogens is 476 g/mol. The predicted molar refractivity (Wildman–Crippen MR) is 130 cm³/mol. The maximum Gasteiger partial charge on any atom is 0.419 e. The van der Waals surface area contributed by atoms with E-state index in [4.69, 9.17) is 9.47 Å². The molecule has 4 rings (SSSR count). The molecule has 1 saturated heterocycles. The highest BCUT2D eigenvalue weighted by atomic mass is 19.4. The molecule has 0 bridgehead atoms. The lowest BCUT2D eigenvalue weighted by Crippen LogP contribution is -2.33. The van der Waals surface area contributed by atoms with E-state index in [0.717, 1.165) is 32.0 Å². The van der Waals surface area contributed by atoms with E-state index in [0.29, 0.717) is 46.7 Å². The number of rotatable bonds is 8. The number of alkyl halides is 3. The number of aryl methyl sites for hydroxylation is 1. The largest absolute Gasteiger partial charge is 0.493 e. The third-order valence-corrected chi connectivity index (χ3v) is 6.58. The number of fused-ring (bicyclic) bond motifs is 1. The van der Waals surface area contributed by atoms with Crippen LogP contribution in [0, 0.1) is 12.7 Å². The second kappa shape index (κ2) is 10.5. The molecule has 2 heterocycles. The summed E-state index contributed by atoms with van der Waals surface area (Å²) in [5, 5.41) is 3.67. The molecule has 2 atom stereocenters. The highest BCUT2D eigenvalue weighted by Gasteiger charge is 2.35. The number of hydrogen-bond acceptors (Lipinski definition) is 6. The van der Waals surface area contributed by atoms with E-state index in [1.165, 1.54) is 12.1 Å². The average Bonchev–Trinajstić information content (AvgIpc) is 3.29. The number of aromatic nitrogens is 2. The van der Waals surface area contributed by atoms with Crippen LogP contribution in [0.15, 0.2) is 30.3 Å². The molecule has 1 aliphatic rings. The summed E-state index contributed by atoms with van der Waals surface area (Å²) in [6.45, 7) is 7.91. The molecule has 3 aromatic rings. The van der Waals surface area contributed by atoms with Gasteiger partial charge in [0.15, 0.2) is 11.5 Å². The maximum atomic E-state index is 14.8. The first-order valence-electron chi connectivity index (χ1n) is 12.0. The summed E-state index contributed by atoms with van der Waals surface area (Å²) in [6.07, 6.45) is -2.60. The van der Waals surface area contributed by atoms with Crippen LogP contribution in [0.25, 0.3) is 10.9 Å². The third kappa shape index (κ3) is 5.33. The summed E-state index contributed by atoms with van der Waals surface area (Å²) in [7, 11) is 1.55. The smallest absolute Gasteiger partial charge is 0.419 e. The zero-order valence-corrected chi connectivity index (χ0v) is 20.7. The van der Waals surface area contributed by atoms with Gasteiger partial charge < -0.3 is 14.8 Å². The molecule has 0 amide bonds. The Hall–Kier alpha value is -3.14. The van der Waals surface area contributed by atoms with E-state index < -0.39 is 23.6 Å². The first-order valence-corrected chi connectivity index (χ1v) is 12.0. The lowest BCUT2D eigenvalue weighted by atomic mass is 10.0. The molecule has 1 N–H and O–H groups in total. The van der Waals surface area contributed by atoms with Gasteiger partial charge in [-0.1, -0.05) is 19.1 Å². The van der Waals surface area contributed by atoms with Crippen molar-refractivity contribution in [2.45, 2.75) is 51.9 Å². The topological polar surface area (TPSA) is 59.5 Å². The number of ether oxygens (including phenoxy) is 2. The van der Waals surface area contributed by atoms with Crippen LogP contribution in [0.1, 0.15) is 49.7 Å². The molecule has 194 valence electrons. The lowest BCUT2D eigenvalue weighted by molar-refractivity contribution is -0.140. The summed E-state index contributed by atoms with van der Waals surface area (Å²) in [6, 6.07) is 6.27. The van der Waals surface area contributed by atoms with E-state index in [2.05, 4.69) is 27.1 Å². The van der Waals surface area contributed by atoms with E-state index in [1.54, 1.807) is 33.1 Å². The van der Waals surface area contributed by atoms with Crippen molar-refractivity contribution in [1.82, 2.24) is 14.9 Å². The first-order chi connectivity index (χ1) is 17.1. The van der Waals surface area contributed by atoms with Crippen molar-refractivity contribution < 1.29 is 27.0 Å². The number of halogens is 4. The van der Waals surface area contributed by atoms with Crippen LogP contribution in [-0.4, -0.2) is 47.7 Å². The summed E-state index contributed by atoms with van der Waals surface area (Å²) < 4.78 is 66.1. The van der Waals surface area contributed by atoms with Gasteiger partial charge >= 0.3 is 6.18 Å². The van der Waals surface area contributed by atoms with Gasteiger partial charge in [0, 0.05) is 23.1 Å². The van der Waals surface area contributed by atoms with Crippen molar-refractivity contribution in [3.63, 3.8) is 0 Å². The molecule has 2 aromatic carbocycles. The minimum atomic E-state index is -4.78. The Morgan fingerprint density at radius 1 is 1.19 bits per heavy atom. The molecule has 0 spiro atoms. The monoisotopic (exact) mass is 506 g/mol. The van der Waals surface area contributed by atoms with Crippen LogP contribution in [-0.2, 0) is 6.18 Å².